The Morgan fingerprint density at radius 1 is 0.162 bits per heavy atom. The number of nitrogens with zero attached hydrogens (tertiary/aromatic N) is 7. The number of anilines is 21. The molecule has 0 aliphatic carbocycles. The molecule has 4 aliphatic rings. The van der Waals surface area contributed by atoms with Crippen molar-refractivity contribution in [1.29, 1.82) is 0 Å². The Morgan fingerprint density at radius 3 is 0.727 bits per heavy atom. The van der Waals surface area contributed by atoms with Crippen molar-refractivity contribution in [3.63, 3.8) is 0 Å². The van der Waals surface area contributed by atoms with E-state index in [0.717, 1.165) is 119 Å². The molecule has 464 valence electrons. The summed E-state index contributed by atoms with van der Waals surface area (Å²) in [7, 11) is 0. The fourth-order valence-corrected chi connectivity index (χ4v) is 16.0. The molecule has 0 bridgehead atoms. The summed E-state index contributed by atoms with van der Waals surface area (Å²) in [5.74, 6) is 0. The molecule has 99 heavy (non-hydrogen) atoms. The third kappa shape index (κ3) is 9.61. The minimum absolute atomic E-state index is 0.197. The summed E-state index contributed by atoms with van der Waals surface area (Å²) in [4.78, 5) is 17.5. The first kappa shape index (κ1) is 57.5. The summed E-state index contributed by atoms with van der Waals surface area (Å²) in [6.45, 7) is -0.451. The Bertz CT molecular complexity index is 5360. The fraction of sp³-hybridized carbons (Fsp3) is 0. The second-order valence-electron chi connectivity index (χ2n) is 25.6. The van der Waals surface area contributed by atoms with Crippen LogP contribution in [0.3, 0.4) is 0 Å². The van der Waals surface area contributed by atoms with Gasteiger partial charge in [-0.25, -0.2) is 0 Å². The zero-order valence-electron chi connectivity index (χ0n) is 54.2. The summed E-state index contributed by atoms with van der Waals surface area (Å²) >= 11 is 0. The van der Waals surface area contributed by atoms with Gasteiger partial charge in [-0.05, 0) is 203 Å². The van der Waals surface area contributed by atoms with Gasteiger partial charge < -0.3 is 34.3 Å². The van der Waals surface area contributed by atoms with Gasteiger partial charge in [-0.1, -0.05) is 212 Å². The van der Waals surface area contributed by atoms with Crippen molar-refractivity contribution >= 4 is 166 Å². The molecule has 0 radical (unpaired) electrons. The molecule has 0 fully saturated rings. The van der Waals surface area contributed by atoms with E-state index in [1.54, 1.807) is 0 Å². The maximum atomic E-state index is 2.64. The van der Waals surface area contributed by atoms with Crippen LogP contribution in [0.2, 0.25) is 0 Å². The lowest BCUT2D eigenvalue weighted by molar-refractivity contribution is 1.21. The highest BCUT2D eigenvalue weighted by Gasteiger charge is 2.49. The van der Waals surface area contributed by atoms with Crippen molar-refractivity contribution in [2.24, 2.45) is 0 Å². The van der Waals surface area contributed by atoms with Gasteiger partial charge >= 0.3 is 0 Å². The number of hydrogen-bond acceptors (Lipinski definition) is 7. The number of para-hydroxylation sites is 11. The van der Waals surface area contributed by atoms with E-state index in [2.05, 4.69) is 416 Å². The van der Waals surface area contributed by atoms with Gasteiger partial charge in [0.15, 0.2) is 0 Å². The number of fused-ring (bicyclic) bond motifs is 8. The molecule has 9 heteroatoms. The smallest absolute Gasteiger partial charge is 0.252 e. The zero-order chi connectivity index (χ0) is 65.3. The molecule has 0 aromatic heterocycles. The molecular formula is C90H63B2N7. The minimum Gasteiger partial charge on any atom is -0.311 e. The molecule has 4 heterocycles. The monoisotopic (exact) mass is 1260 g/mol. The van der Waals surface area contributed by atoms with Crippen molar-refractivity contribution in [2.45, 2.75) is 0 Å². The van der Waals surface area contributed by atoms with Crippen LogP contribution in [-0.2, 0) is 0 Å². The summed E-state index contributed by atoms with van der Waals surface area (Å²) in [6.07, 6.45) is 0. The van der Waals surface area contributed by atoms with Gasteiger partial charge in [-0.15, -0.1) is 0 Å². The molecule has 19 rings (SSSR count). The second kappa shape index (κ2) is 24.0. The van der Waals surface area contributed by atoms with Crippen molar-refractivity contribution in [3.05, 3.63) is 382 Å². The van der Waals surface area contributed by atoms with Crippen LogP contribution < -0.4 is 67.1 Å². The molecule has 0 saturated carbocycles. The van der Waals surface area contributed by atoms with E-state index < -0.39 is 0 Å². The maximum Gasteiger partial charge on any atom is 0.252 e. The van der Waals surface area contributed by atoms with Crippen molar-refractivity contribution in [1.82, 2.24) is 0 Å². The quantitative estimate of drug-likeness (QED) is 0.106. The zero-order valence-corrected chi connectivity index (χ0v) is 54.2. The first-order valence-electron chi connectivity index (χ1n) is 34.1. The second-order valence-corrected chi connectivity index (χ2v) is 25.6. The Morgan fingerprint density at radius 2 is 0.404 bits per heavy atom. The number of benzene rings is 15. The van der Waals surface area contributed by atoms with Crippen molar-refractivity contribution < 1.29 is 0 Å². The van der Waals surface area contributed by atoms with E-state index in [0.29, 0.717) is 0 Å². The van der Waals surface area contributed by atoms with E-state index in [-0.39, 0.29) is 13.4 Å². The Labute approximate surface area is 578 Å². The van der Waals surface area contributed by atoms with Crippen LogP contribution in [0.5, 0.6) is 0 Å². The predicted molar refractivity (Wildman–Crippen MR) is 419 cm³/mol. The van der Waals surface area contributed by atoms with Gasteiger partial charge in [0, 0.05) is 108 Å². The summed E-state index contributed by atoms with van der Waals surface area (Å²) in [6, 6.07) is 141. The predicted octanol–water partition coefficient (Wildman–Crippen LogP) is 20.3. The number of hydrogen-bond donors (Lipinski definition) is 0. The summed E-state index contributed by atoms with van der Waals surface area (Å²) in [5.41, 5.74) is 30.1. The SMILES string of the molecule is c1ccc(N(c2ccccc2)c2ccc3c(c2)N(c2ccccc2)c2cc(N(c4ccccc4)c4ccccc4)cc4c2B3c2cc3c(cc2N4c2ccccc2)N(c2ccccc2)c2cc(N(c4ccccc4)c4ccccc4)cc4c2B3c2ccccc2N4c2ccccc2)cc1. The highest BCUT2D eigenvalue weighted by atomic mass is 15.2. The van der Waals surface area contributed by atoms with Gasteiger partial charge in [-0.3, -0.25) is 0 Å². The molecule has 0 spiro atoms. The highest BCUT2D eigenvalue weighted by Crippen LogP contribution is 2.53. The largest absolute Gasteiger partial charge is 0.311 e. The molecule has 4 aliphatic heterocycles. The Kier molecular flexibility index (Phi) is 14.0. The topological polar surface area (TPSA) is 22.7 Å². The average molecular weight is 1260 g/mol. The van der Waals surface area contributed by atoms with Crippen LogP contribution in [0.1, 0.15) is 0 Å². The normalized spacial score (nSPS) is 12.7. The third-order valence-electron chi connectivity index (χ3n) is 20.0. The first-order chi connectivity index (χ1) is 49.2. The van der Waals surface area contributed by atoms with E-state index in [1.165, 1.54) is 32.8 Å². The van der Waals surface area contributed by atoms with E-state index in [1.807, 2.05) is 0 Å². The molecule has 15 aromatic rings. The van der Waals surface area contributed by atoms with Crippen molar-refractivity contribution in [3.8, 4) is 0 Å². The Hall–Kier alpha value is -13.0. The van der Waals surface area contributed by atoms with Crippen LogP contribution in [-0.4, -0.2) is 13.4 Å². The van der Waals surface area contributed by atoms with Crippen molar-refractivity contribution in [2.75, 3.05) is 34.3 Å². The first-order valence-corrected chi connectivity index (χ1v) is 34.1. The van der Waals surface area contributed by atoms with Crippen LogP contribution >= 0.6 is 0 Å². The molecule has 0 N–H and O–H groups in total. The molecule has 0 atom stereocenters. The van der Waals surface area contributed by atoms with E-state index >= 15 is 0 Å². The third-order valence-corrected chi connectivity index (χ3v) is 20.0. The van der Waals surface area contributed by atoms with Crippen LogP contribution in [0.15, 0.2) is 382 Å². The van der Waals surface area contributed by atoms with Gasteiger partial charge in [0.25, 0.3) is 13.4 Å². The standard InChI is InChI=1S/C90H63B2N7/c1-11-33-64(34-12-1)93(65-35-13-2-14-36-65)74-55-56-78-82(57-74)97(71-47-25-8-26-48-71)86-59-76(95(68-41-19-5-20-42-68)69-43-21-6-22-44-69)61-88-90(86)92(78)80-62-79-83(63-84(80)99(88)73-51-29-10-30-52-73)98(72-49-27-9-28-50-72)87-60-75(94(66-37-15-3-16-38-66)67-39-17-4-18-40-67)58-85-89(87)91(79)77-53-31-32-54-81(77)96(85)70-45-23-7-24-46-70/h1-63H. The lowest BCUT2D eigenvalue weighted by Crippen LogP contribution is -2.65. The highest BCUT2D eigenvalue weighted by molar-refractivity contribution is 7.03. The van der Waals surface area contributed by atoms with Crippen LogP contribution in [0.25, 0.3) is 0 Å². The molecule has 0 saturated heterocycles. The maximum absolute atomic E-state index is 2.64. The lowest BCUT2D eigenvalue weighted by atomic mass is 9.30. The van der Waals surface area contributed by atoms with E-state index in [4.69, 9.17) is 0 Å². The van der Waals surface area contributed by atoms with Crippen LogP contribution in [0.4, 0.5) is 119 Å². The van der Waals surface area contributed by atoms with Gasteiger partial charge in [0.05, 0.1) is 11.4 Å². The van der Waals surface area contributed by atoms with Gasteiger partial charge in [0.2, 0.25) is 0 Å². The van der Waals surface area contributed by atoms with E-state index in [9.17, 15) is 0 Å². The molecule has 0 unspecified atom stereocenters. The van der Waals surface area contributed by atoms with Gasteiger partial charge in [0.1, 0.15) is 0 Å². The summed E-state index contributed by atoms with van der Waals surface area (Å²) < 4.78 is 0. The fourth-order valence-electron chi connectivity index (χ4n) is 16.0. The molecule has 0 amide bonds. The van der Waals surface area contributed by atoms with Gasteiger partial charge in [-0.2, -0.15) is 0 Å². The Balaban J connectivity index is 0.941. The lowest BCUT2D eigenvalue weighted by Gasteiger charge is -2.48. The molecule has 7 nitrogen and oxygen atoms in total. The summed E-state index contributed by atoms with van der Waals surface area (Å²) in [5, 5.41) is 0. The average Bonchev–Trinajstić information content (AvgIpc) is 0.686. The molecule has 15 aromatic carbocycles. The number of rotatable bonds is 13. The minimum atomic E-state index is -0.254. The van der Waals surface area contributed by atoms with Crippen LogP contribution in [0, 0.1) is 0 Å². The molecular weight excluding hydrogens is 1200 g/mol.